The van der Waals surface area contributed by atoms with Crippen LogP contribution >= 0.6 is 0 Å². The van der Waals surface area contributed by atoms with E-state index >= 15 is 0 Å². The normalized spacial score (nSPS) is 15.6. The van der Waals surface area contributed by atoms with Gasteiger partial charge < -0.3 is 15.0 Å². The minimum Gasteiger partial charge on any atom is -0.465 e. The third kappa shape index (κ3) is 4.38. The third-order valence-corrected chi connectivity index (χ3v) is 4.71. The summed E-state index contributed by atoms with van der Waals surface area (Å²) in [4.78, 5) is 38.8. The highest BCUT2D eigenvalue weighted by Gasteiger charge is 2.40. The Hall–Kier alpha value is -2.37. The molecule has 1 heterocycles. The molecule has 1 aromatic rings. The molecule has 1 aliphatic rings. The molecule has 0 radical (unpaired) electrons. The van der Waals surface area contributed by atoms with Gasteiger partial charge in [-0.2, -0.15) is 0 Å². The second-order valence-corrected chi connectivity index (χ2v) is 7.13. The Morgan fingerprint density at radius 3 is 2.44 bits per heavy atom. The van der Waals surface area contributed by atoms with E-state index in [1.54, 1.807) is 36.9 Å². The van der Waals surface area contributed by atoms with Crippen LogP contribution in [0, 0.1) is 11.3 Å². The molecule has 25 heavy (non-hydrogen) atoms. The van der Waals surface area contributed by atoms with Crippen LogP contribution in [0.25, 0.3) is 0 Å². The number of piperidine rings is 1. The Morgan fingerprint density at radius 2 is 1.84 bits per heavy atom. The number of hydrogen-bond acceptors (Lipinski definition) is 4. The Balaban J connectivity index is 2.08. The van der Waals surface area contributed by atoms with Crippen molar-refractivity contribution in [1.29, 1.82) is 0 Å². The number of hydrogen-bond donors (Lipinski definition) is 1. The smallest absolute Gasteiger partial charge is 0.337 e. The summed E-state index contributed by atoms with van der Waals surface area (Å²) in [6.07, 6.45) is 1.93. The number of rotatable bonds is 4. The van der Waals surface area contributed by atoms with Crippen molar-refractivity contribution in [2.24, 2.45) is 11.3 Å². The van der Waals surface area contributed by atoms with E-state index < -0.39 is 17.3 Å². The number of amides is 2. The lowest BCUT2D eigenvalue weighted by molar-refractivity contribution is -0.147. The number of ether oxygens (including phenoxy) is 1. The number of benzene rings is 1. The van der Waals surface area contributed by atoms with Crippen molar-refractivity contribution in [3.8, 4) is 0 Å². The molecule has 0 atom stereocenters. The molecule has 6 heteroatoms. The van der Waals surface area contributed by atoms with Crippen molar-refractivity contribution in [2.45, 2.75) is 33.6 Å². The van der Waals surface area contributed by atoms with Gasteiger partial charge in [0.25, 0.3) is 0 Å². The molecule has 0 aliphatic carbocycles. The number of likely N-dealkylation sites (tertiary alicyclic amines) is 1. The zero-order chi connectivity index (χ0) is 18.6. The van der Waals surface area contributed by atoms with E-state index in [0.29, 0.717) is 30.3 Å². The number of nitrogens with one attached hydrogen (secondary N) is 1. The molecule has 0 spiro atoms. The molecular formula is C19H26N2O4. The predicted octanol–water partition coefficient (Wildman–Crippen LogP) is 2.70. The Kier molecular flexibility index (Phi) is 5.82. The monoisotopic (exact) mass is 346 g/mol. The van der Waals surface area contributed by atoms with Crippen molar-refractivity contribution < 1.29 is 19.1 Å². The summed E-state index contributed by atoms with van der Waals surface area (Å²) >= 11 is 0. The molecular weight excluding hydrogens is 320 g/mol. The van der Waals surface area contributed by atoms with Crippen molar-refractivity contribution in [1.82, 2.24) is 4.90 Å². The van der Waals surface area contributed by atoms with Crippen LogP contribution in [-0.4, -0.2) is 42.9 Å². The van der Waals surface area contributed by atoms with Gasteiger partial charge in [0.05, 0.1) is 12.7 Å². The van der Waals surface area contributed by atoms with E-state index in [1.165, 1.54) is 13.2 Å². The zero-order valence-corrected chi connectivity index (χ0v) is 15.3. The van der Waals surface area contributed by atoms with Crippen LogP contribution < -0.4 is 5.32 Å². The molecule has 6 nitrogen and oxygen atoms in total. The van der Waals surface area contributed by atoms with E-state index in [4.69, 9.17) is 0 Å². The molecule has 2 amide bonds. The standard InChI is InChI=1S/C19H26N2O4/c1-13-8-10-21(11-9-13)18(24)19(2,3)17(23)20-15-7-5-6-14(12-15)16(22)25-4/h5-7,12-13H,8-11H2,1-4H3,(H,20,23). The summed E-state index contributed by atoms with van der Waals surface area (Å²) in [7, 11) is 1.30. The molecule has 136 valence electrons. The van der Waals surface area contributed by atoms with Crippen LogP contribution in [0.15, 0.2) is 24.3 Å². The number of nitrogens with zero attached hydrogens (tertiary/aromatic N) is 1. The largest absolute Gasteiger partial charge is 0.465 e. The minimum atomic E-state index is -1.18. The van der Waals surface area contributed by atoms with E-state index in [9.17, 15) is 14.4 Å². The maximum absolute atomic E-state index is 12.8. The first-order valence-corrected chi connectivity index (χ1v) is 8.55. The fourth-order valence-electron chi connectivity index (χ4n) is 2.83. The maximum Gasteiger partial charge on any atom is 0.337 e. The molecule has 1 fully saturated rings. The molecule has 1 saturated heterocycles. The third-order valence-electron chi connectivity index (χ3n) is 4.71. The summed E-state index contributed by atoms with van der Waals surface area (Å²) in [6.45, 7) is 6.82. The van der Waals surface area contributed by atoms with Crippen molar-refractivity contribution >= 4 is 23.5 Å². The van der Waals surface area contributed by atoms with E-state index in [1.807, 2.05) is 0 Å². The van der Waals surface area contributed by atoms with Gasteiger partial charge in [0, 0.05) is 18.8 Å². The van der Waals surface area contributed by atoms with Gasteiger partial charge in [0.15, 0.2) is 0 Å². The van der Waals surface area contributed by atoms with Crippen LogP contribution in [0.1, 0.15) is 44.0 Å². The quantitative estimate of drug-likeness (QED) is 0.672. The number of esters is 1. The molecule has 1 N–H and O–H groups in total. The van der Waals surface area contributed by atoms with Crippen molar-refractivity contribution in [2.75, 3.05) is 25.5 Å². The van der Waals surface area contributed by atoms with Gasteiger partial charge in [0.2, 0.25) is 11.8 Å². The van der Waals surface area contributed by atoms with Crippen LogP contribution in [-0.2, 0) is 14.3 Å². The van der Waals surface area contributed by atoms with Crippen LogP contribution in [0.2, 0.25) is 0 Å². The minimum absolute atomic E-state index is 0.166. The number of carbonyl (C=O) groups is 3. The Bertz CT molecular complexity index is 661. The lowest BCUT2D eigenvalue weighted by Crippen LogP contribution is -2.49. The number of anilines is 1. The maximum atomic E-state index is 12.8. The Labute approximate surface area is 148 Å². The van der Waals surface area contributed by atoms with E-state index in [2.05, 4.69) is 17.0 Å². The SMILES string of the molecule is COC(=O)c1cccc(NC(=O)C(C)(C)C(=O)N2CCC(C)CC2)c1. The highest BCUT2D eigenvalue weighted by atomic mass is 16.5. The van der Waals surface area contributed by atoms with Gasteiger partial charge in [-0.05, 0) is 50.8 Å². The van der Waals surface area contributed by atoms with Gasteiger partial charge in [-0.3, -0.25) is 9.59 Å². The van der Waals surface area contributed by atoms with Gasteiger partial charge >= 0.3 is 5.97 Å². The van der Waals surface area contributed by atoms with Crippen LogP contribution in [0.3, 0.4) is 0 Å². The summed E-state index contributed by atoms with van der Waals surface area (Å²) in [6, 6.07) is 6.47. The van der Waals surface area contributed by atoms with E-state index in [0.717, 1.165) is 12.8 Å². The summed E-state index contributed by atoms with van der Waals surface area (Å²) in [5, 5.41) is 2.74. The topological polar surface area (TPSA) is 75.7 Å². The first-order valence-electron chi connectivity index (χ1n) is 8.55. The van der Waals surface area contributed by atoms with E-state index in [-0.39, 0.29) is 5.91 Å². The van der Waals surface area contributed by atoms with Gasteiger partial charge in [-0.25, -0.2) is 4.79 Å². The van der Waals surface area contributed by atoms with Gasteiger partial charge in [-0.1, -0.05) is 13.0 Å². The van der Waals surface area contributed by atoms with Crippen LogP contribution in [0.4, 0.5) is 5.69 Å². The van der Waals surface area contributed by atoms with Crippen molar-refractivity contribution in [3.63, 3.8) is 0 Å². The highest BCUT2D eigenvalue weighted by Crippen LogP contribution is 2.26. The summed E-state index contributed by atoms with van der Waals surface area (Å²) in [5.41, 5.74) is -0.377. The molecule has 0 aromatic heterocycles. The second-order valence-electron chi connectivity index (χ2n) is 7.13. The van der Waals surface area contributed by atoms with Gasteiger partial charge in [-0.15, -0.1) is 0 Å². The molecule has 0 saturated carbocycles. The lowest BCUT2D eigenvalue weighted by atomic mass is 9.88. The zero-order valence-electron chi connectivity index (χ0n) is 15.3. The number of methoxy groups -OCH3 is 1. The molecule has 0 bridgehead atoms. The Morgan fingerprint density at radius 1 is 1.20 bits per heavy atom. The molecule has 2 rings (SSSR count). The fourth-order valence-corrected chi connectivity index (χ4v) is 2.83. The van der Waals surface area contributed by atoms with Crippen molar-refractivity contribution in [3.05, 3.63) is 29.8 Å². The number of carbonyl (C=O) groups excluding carboxylic acids is 3. The second kappa shape index (κ2) is 7.68. The fraction of sp³-hybridized carbons (Fsp3) is 0.526. The predicted molar refractivity (Wildman–Crippen MR) is 95.2 cm³/mol. The average molecular weight is 346 g/mol. The summed E-state index contributed by atoms with van der Waals surface area (Å²) in [5.74, 6) is -0.421. The van der Waals surface area contributed by atoms with Crippen LogP contribution in [0.5, 0.6) is 0 Å². The lowest BCUT2D eigenvalue weighted by Gasteiger charge is -2.35. The first-order chi connectivity index (χ1) is 11.8. The first kappa shape index (κ1) is 19.0. The average Bonchev–Trinajstić information content (AvgIpc) is 2.61. The highest BCUT2D eigenvalue weighted by molar-refractivity contribution is 6.10. The summed E-state index contributed by atoms with van der Waals surface area (Å²) < 4.78 is 4.68. The van der Waals surface area contributed by atoms with Gasteiger partial charge in [0.1, 0.15) is 5.41 Å². The molecule has 0 unspecified atom stereocenters. The molecule has 1 aliphatic heterocycles. The molecule has 1 aromatic carbocycles.